The van der Waals surface area contributed by atoms with E-state index in [1.807, 2.05) is 17.5 Å². The van der Waals surface area contributed by atoms with Crippen LogP contribution in [0.5, 0.6) is 5.75 Å². The molecule has 2 aromatic heterocycles. The molecule has 2 heterocycles. The Morgan fingerprint density at radius 1 is 1.17 bits per heavy atom. The van der Waals surface area contributed by atoms with E-state index >= 15 is 0 Å². The van der Waals surface area contributed by atoms with Crippen LogP contribution >= 0.6 is 23.1 Å². The van der Waals surface area contributed by atoms with Crippen LogP contribution in [0, 0.1) is 0 Å². The lowest BCUT2D eigenvalue weighted by Crippen LogP contribution is -2.23. The van der Waals surface area contributed by atoms with Crippen LogP contribution in [0.3, 0.4) is 0 Å². The van der Waals surface area contributed by atoms with E-state index in [0.717, 1.165) is 4.88 Å². The molecular formula is C20H20N2O4S3. The second kappa shape index (κ2) is 9.91. The number of ether oxygens (including phenoxy) is 1. The Hall–Kier alpha value is -2.36. The summed E-state index contributed by atoms with van der Waals surface area (Å²) < 4.78 is 30.1. The van der Waals surface area contributed by atoms with Gasteiger partial charge in [-0.15, -0.1) is 23.1 Å². The topological polar surface area (TPSA) is 85.4 Å². The van der Waals surface area contributed by atoms with Gasteiger partial charge in [-0.2, -0.15) is 0 Å². The standard InChI is InChI=1S/C20H20N2O4S3/c1-26-15-6-8-17(9-7-15)29(24,25)13-12-28-20-18(5-2-10-21-20)19(23)22-14-16-4-3-11-27-16/h2-11H,12-14H2,1H3,(H,22,23). The van der Waals surface area contributed by atoms with Crippen molar-refractivity contribution in [1.29, 1.82) is 0 Å². The molecule has 0 atom stereocenters. The molecule has 0 aliphatic carbocycles. The highest BCUT2D eigenvalue weighted by Crippen LogP contribution is 2.23. The van der Waals surface area contributed by atoms with Crippen molar-refractivity contribution in [3.05, 3.63) is 70.5 Å². The second-order valence-electron chi connectivity index (χ2n) is 5.96. The average Bonchev–Trinajstić information content (AvgIpc) is 3.26. The van der Waals surface area contributed by atoms with E-state index in [0.29, 0.717) is 22.9 Å². The molecule has 152 valence electrons. The van der Waals surface area contributed by atoms with Crippen LogP contribution in [0.2, 0.25) is 0 Å². The fraction of sp³-hybridized carbons (Fsp3) is 0.200. The van der Waals surface area contributed by atoms with Gasteiger partial charge in [-0.3, -0.25) is 4.79 Å². The van der Waals surface area contributed by atoms with Crippen LogP contribution < -0.4 is 10.1 Å². The predicted molar refractivity (Wildman–Crippen MR) is 115 cm³/mol. The molecule has 0 radical (unpaired) electrons. The monoisotopic (exact) mass is 448 g/mol. The molecule has 0 saturated heterocycles. The molecule has 9 heteroatoms. The van der Waals surface area contributed by atoms with E-state index in [1.54, 1.807) is 41.8 Å². The Balaban J connectivity index is 1.61. The number of amides is 1. The maximum atomic E-state index is 12.5. The number of sulfone groups is 1. The molecule has 29 heavy (non-hydrogen) atoms. The zero-order valence-electron chi connectivity index (χ0n) is 15.7. The van der Waals surface area contributed by atoms with Crippen LogP contribution in [0.25, 0.3) is 0 Å². The third kappa shape index (κ3) is 5.81. The molecule has 0 aliphatic rings. The van der Waals surface area contributed by atoms with Crippen LogP contribution in [0.4, 0.5) is 0 Å². The number of aromatic nitrogens is 1. The number of nitrogens with one attached hydrogen (secondary N) is 1. The lowest BCUT2D eigenvalue weighted by molar-refractivity contribution is 0.0947. The third-order valence-corrected chi connectivity index (χ3v) is 7.90. The molecule has 0 spiro atoms. The zero-order chi connectivity index (χ0) is 20.7. The van der Waals surface area contributed by atoms with E-state index in [2.05, 4.69) is 10.3 Å². The van der Waals surface area contributed by atoms with Gasteiger partial charge >= 0.3 is 0 Å². The summed E-state index contributed by atoms with van der Waals surface area (Å²) in [6.45, 7) is 0.446. The lowest BCUT2D eigenvalue weighted by atomic mass is 10.2. The molecule has 1 aromatic carbocycles. The molecule has 1 N–H and O–H groups in total. The van der Waals surface area contributed by atoms with Gasteiger partial charge in [0.1, 0.15) is 10.8 Å². The van der Waals surface area contributed by atoms with Crippen LogP contribution in [0.1, 0.15) is 15.2 Å². The molecule has 0 saturated carbocycles. The lowest BCUT2D eigenvalue weighted by Gasteiger charge is -2.09. The summed E-state index contributed by atoms with van der Waals surface area (Å²) in [6.07, 6.45) is 1.59. The SMILES string of the molecule is COc1ccc(S(=O)(=O)CCSc2ncccc2C(=O)NCc2cccs2)cc1. The number of pyridine rings is 1. The van der Waals surface area contributed by atoms with Gasteiger partial charge in [0.25, 0.3) is 5.91 Å². The minimum Gasteiger partial charge on any atom is -0.497 e. The van der Waals surface area contributed by atoms with E-state index in [-0.39, 0.29) is 22.3 Å². The van der Waals surface area contributed by atoms with Crippen molar-refractivity contribution in [3.63, 3.8) is 0 Å². The minimum atomic E-state index is -3.43. The minimum absolute atomic E-state index is 0.0587. The molecule has 3 rings (SSSR count). The summed E-state index contributed by atoms with van der Waals surface area (Å²) in [4.78, 5) is 18.1. The Morgan fingerprint density at radius 2 is 1.97 bits per heavy atom. The summed E-state index contributed by atoms with van der Waals surface area (Å²) in [5, 5.41) is 5.34. The fourth-order valence-electron chi connectivity index (χ4n) is 2.50. The molecule has 0 aliphatic heterocycles. The average molecular weight is 449 g/mol. The van der Waals surface area contributed by atoms with Gasteiger partial charge in [-0.1, -0.05) is 6.07 Å². The maximum absolute atomic E-state index is 12.5. The quantitative estimate of drug-likeness (QED) is 0.503. The van der Waals surface area contributed by atoms with Gasteiger partial charge in [0, 0.05) is 16.8 Å². The Morgan fingerprint density at radius 3 is 2.66 bits per heavy atom. The maximum Gasteiger partial charge on any atom is 0.254 e. The molecule has 0 fully saturated rings. The first kappa shape index (κ1) is 21.4. The predicted octanol–water partition coefficient (Wildman–Crippen LogP) is 3.65. The largest absolute Gasteiger partial charge is 0.497 e. The van der Waals surface area contributed by atoms with Crippen molar-refractivity contribution < 1.29 is 17.9 Å². The van der Waals surface area contributed by atoms with Crippen molar-refractivity contribution in [2.45, 2.75) is 16.5 Å². The number of thiophene rings is 1. The molecule has 1 amide bonds. The third-order valence-electron chi connectivity index (χ3n) is 4.03. The Kier molecular flexibility index (Phi) is 7.29. The Labute approximate surface area is 178 Å². The number of nitrogens with zero attached hydrogens (tertiary/aromatic N) is 1. The summed E-state index contributed by atoms with van der Waals surface area (Å²) in [6, 6.07) is 13.6. The summed E-state index contributed by atoms with van der Waals surface area (Å²) in [5.41, 5.74) is 0.441. The fourth-order valence-corrected chi connectivity index (χ4v) is 5.79. The first-order valence-corrected chi connectivity index (χ1v) is 12.3. The van der Waals surface area contributed by atoms with Gasteiger partial charge in [-0.25, -0.2) is 13.4 Å². The number of hydrogen-bond acceptors (Lipinski definition) is 7. The molecule has 0 bridgehead atoms. The highest BCUT2D eigenvalue weighted by atomic mass is 32.2. The highest BCUT2D eigenvalue weighted by molar-refractivity contribution is 8.00. The summed E-state index contributed by atoms with van der Waals surface area (Å²) in [7, 11) is -1.90. The normalized spacial score (nSPS) is 11.2. The van der Waals surface area contributed by atoms with Crippen LogP contribution in [0.15, 0.2) is 70.0 Å². The van der Waals surface area contributed by atoms with Gasteiger partial charge in [-0.05, 0) is 47.8 Å². The van der Waals surface area contributed by atoms with Gasteiger partial charge in [0.15, 0.2) is 9.84 Å². The number of benzene rings is 1. The number of rotatable bonds is 9. The molecule has 3 aromatic rings. The van der Waals surface area contributed by atoms with Crippen molar-refractivity contribution in [1.82, 2.24) is 10.3 Å². The molecule has 0 unspecified atom stereocenters. The highest BCUT2D eigenvalue weighted by Gasteiger charge is 2.17. The number of thioether (sulfide) groups is 1. The van der Waals surface area contributed by atoms with Crippen molar-refractivity contribution in [3.8, 4) is 5.75 Å². The van der Waals surface area contributed by atoms with Crippen molar-refractivity contribution in [2.75, 3.05) is 18.6 Å². The second-order valence-corrected chi connectivity index (χ2v) is 10.2. The first-order chi connectivity index (χ1) is 14.0. The summed E-state index contributed by atoms with van der Waals surface area (Å²) >= 11 is 2.83. The number of methoxy groups -OCH3 is 1. The number of carbonyl (C=O) groups is 1. The van der Waals surface area contributed by atoms with E-state index in [4.69, 9.17) is 4.74 Å². The van der Waals surface area contributed by atoms with Gasteiger partial charge < -0.3 is 10.1 Å². The summed E-state index contributed by atoms with van der Waals surface area (Å²) in [5.74, 6) is 0.602. The van der Waals surface area contributed by atoms with Crippen molar-refractivity contribution >= 4 is 38.8 Å². The van der Waals surface area contributed by atoms with Crippen LogP contribution in [-0.4, -0.2) is 37.9 Å². The van der Waals surface area contributed by atoms with Gasteiger partial charge in [0.05, 0.1) is 29.9 Å². The van der Waals surface area contributed by atoms with Gasteiger partial charge in [0.2, 0.25) is 0 Å². The first-order valence-electron chi connectivity index (χ1n) is 8.75. The molecule has 6 nitrogen and oxygen atoms in total. The Bertz CT molecular complexity index is 1050. The number of carbonyl (C=O) groups excluding carboxylic acids is 1. The van der Waals surface area contributed by atoms with Crippen molar-refractivity contribution in [2.24, 2.45) is 0 Å². The van der Waals surface area contributed by atoms with E-state index in [9.17, 15) is 13.2 Å². The smallest absolute Gasteiger partial charge is 0.254 e. The number of hydrogen-bond donors (Lipinski definition) is 1. The molecular weight excluding hydrogens is 428 g/mol. The zero-order valence-corrected chi connectivity index (χ0v) is 18.1. The van der Waals surface area contributed by atoms with Crippen LogP contribution in [-0.2, 0) is 16.4 Å². The van der Waals surface area contributed by atoms with E-state index in [1.165, 1.54) is 31.0 Å². The van der Waals surface area contributed by atoms with E-state index < -0.39 is 9.84 Å².